The van der Waals surface area contributed by atoms with Crippen LogP contribution in [0.15, 0.2) is 16.9 Å². The fourth-order valence-corrected chi connectivity index (χ4v) is 5.05. The first-order chi connectivity index (χ1) is 13.9. The first-order valence-electron chi connectivity index (χ1n) is 10.8. The Morgan fingerprint density at radius 3 is 2.67 bits per heavy atom. The van der Waals surface area contributed by atoms with E-state index in [0.29, 0.717) is 24.9 Å². The van der Waals surface area contributed by atoms with Crippen molar-refractivity contribution in [2.24, 2.45) is 23.8 Å². The van der Waals surface area contributed by atoms with Crippen molar-refractivity contribution < 1.29 is 8.76 Å². The van der Waals surface area contributed by atoms with Gasteiger partial charge in [-0.25, -0.2) is 14.5 Å². The Hall–Kier alpha value is -1.51. The molecule has 0 aromatic carbocycles. The van der Waals surface area contributed by atoms with Crippen LogP contribution in [-0.2, 0) is 24.9 Å². The van der Waals surface area contributed by atoms with Crippen LogP contribution in [0.4, 0.5) is 0 Å². The first-order valence-corrected chi connectivity index (χ1v) is 11.9. The van der Waals surface area contributed by atoms with E-state index < -0.39 is 11.3 Å². The summed E-state index contributed by atoms with van der Waals surface area (Å²) in [6, 6.07) is 4.12. The Morgan fingerprint density at radius 1 is 1.33 bits per heavy atom. The van der Waals surface area contributed by atoms with Gasteiger partial charge in [0.2, 0.25) is 0 Å². The molecule has 2 heterocycles. The number of fused-ring (bicyclic) bond motifs is 1. The fraction of sp³-hybridized carbons (Fsp3) is 0.727. The standard InChI is InChI=1S/C22H36N4O3S/c1-21(2,3)14-26-18-8-7-17(24-19(18)25(6)20(26)27)15-9-11-22(4,5)16(13-15)10-12-23-30(28)29/h7-8,15-16,23H,9-14H2,1-6H3,(H,28,29)/p-1. The van der Waals surface area contributed by atoms with Crippen LogP contribution in [0.1, 0.15) is 71.9 Å². The molecule has 168 valence electrons. The van der Waals surface area contributed by atoms with Gasteiger partial charge in [0.15, 0.2) is 5.65 Å². The molecule has 0 aliphatic heterocycles. The van der Waals surface area contributed by atoms with Crippen molar-refractivity contribution in [1.82, 2.24) is 18.8 Å². The fourth-order valence-electron chi connectivity index (χ4n) is 4.77. The predicted octanol–water partition coefficient (Wildman–Crippen LogP) is 3.46. The van der Waals surface area contributed by atoms with Crippen molar-refractivity contribution in [3.05, 3.63) is 28.3 Å². The maximum Gasteiger partial charge on any atom is 0.330 e. The normalized spacial score (nSPS) is 23.0. The molecule has 1 N–H and O–H groups in total. The molecule has 2 aromatic heterocycles. The van der Waals surface area contributed by atoms with E-state index in [2.05, 4.69) is 45.4 Å². The molecule has 1 aliphatic rings. The molecule has 0 saturated heterocycles. The van der Waals surface area contributed by atoms with Crippen molar-refractivity contribution in [3.63, 3.8) is 0 Å². The molecule has 1 saturated carbocycles. The highest BCUT2D eigenvalue weighted by Gasteiger charge is 2.37. The van der Waals surface area contributed by atoms with Crippen molar-refractivity contribution in [1.29, 1.82) is 0 Å². The van der Waals surface area contributed by atoms with Crippen LogP contribution in [0.5, 0.6) is 0 Å². The highest BCUT2D eigenvalue weighted by atomic mass is 32.2. The van der Waals surface area contributed by atoms with Crippen molar-refractivity contribution in [2.75, 3.05) is 6.54 Å². The molecular weight excluding hydrogens is 400 g/mol. The lowest BCUT2D eigenvalue weighted by molar-refractivity contribution is 0.115. The highest BCUT2D eigenvalue weighted by Crippen LogP contribution is 2.47. The van der Waals surface area contributed by atoms with Crippen molar-refractivity contribution in [2.45, 2.75) is 72.8 Å². The number of aryl methyl sites for hydroxylation is 1. The third kappa shape index (κ3) is 5.03. The number of rotatable bonds is 6. The maximum atomic E-state index is 12.8. The van der Waals surface area contributed by atoms with E-state index in [1.54, 1.807) is 11.6 Å². The Morgan fingerprint density at radius 2 is 2.03 bits per heavy atom. The van der Waals surface area contributed by atoms with Crippen LogP contribution >= 0.6 is 0 Å². The highest BCUT2D eigenvalue weighted by molar-refractivity contribution is 7.77. The molecular formula is C22H35N4O3S-. The Bertz CT molecular complexity index is 987. The second-order valence-corrected chi connectivity index (χ2v) is 11.4. The monoisotopic (exact) mass is 435 g/mol. The van der Waals surface area contributed by atoms with Crippen LogP contribution in [0.3, 0.4) is 0 Å². The van der Waals surface area contributed by atoms with Gasteiger partial charge in [-0.2, -0.15) is 0 Å². The number of aromatic nitrogens is 3. The van der Waals surface area contributed by atoms with Crippen molar-refractivity contribution in [3.8, 4) is 0 Å². The zero-order valence-electron chi connectivity index (χ0n) is 19.0. The smallest absolute Gasteiger partial charge is 0.330 e. The van der Waals surface area contributed by atoms with Crippen LogP contribution in [0, 0.1) is 16.7 Å². The minimum absolute atomic E-state index is 0.000743. The molecule has 0 spiro atoms. The zero-order valence-corrected chi connectivity index (χ0v) is 19.8. The molecule has 1 aliphatic carbocycles. The van der Waals surface area contributed by atoms with Crippen LogP contribution in [-0.4, -0.2) is 29.4 Å². The summed E-state index contributed by atoms with van der Waals surface area (Å²) in [5, 5.41) is 0. The number of nitrogens with one attached hydrogen (secondary N) is 1. The first kappa shape index (κ1) is 23.2. The zero-order chi connectivity index (χ0) is 22.3. The van der Waals surface area contributed by atoms with Gasteiger partial charge in [-0.05, 0) is 54.6 Å². The summed E-state index contributed by atoms with van der Waals surface area (Å²) in [6.45, 7) is 12.0. The summed E-state index contributed by atoms with van der Waals surface area (Å²) in [4.78, 5) is 17.7. The lowest BCUT2D eigenvalue weighted by Gasteiger charge is -2.42. The van der Waals surface area contributed by atoms with Gasteiger partial charge in [-0.3, -0.25) is 13.3 Å². The SMILES string of the molecule is Cn1c(=O)n(CC(C)(C)C)c2ccc(C3CCC(C)(C)C(CCNS(=O)[O-])C3)nc21. The molecule has 8 heteroatoms. The number of nitrogens with zero attached hydrogens (tertiary/aromatic N) is 3. The molecule has 7 nitrogen and oxygen atoms in total. The average molecular weight is 436 g/mol. The molecule has 0 bridgehead atoms. The third-order valence-corrected chi connectivity index (χ3v) is 7.02. The van der Waals surface area contributed by atoms with Gasteiger partial charge in [0, 0.05) is 43.0 Å². The van der Waals surface area contributed by atoms with Crippen molar-refractivity contribution >= 4 is 22.4 Å². The maximum absolute atomic E-state index is 12.8. The number of hydrogen-bond donors (Lipinski definition) is 1. The number of hydrogen-bond acceptors (Lipinski definition) is 4. The average Bonchev–Trinajstić information content (AvgIpc) is 2.86. The summed E-state index contributed by atoms with van der Waals surface area (Å²) in [5.74, 6) is 0.741. The van der Waals surface area contributed by atoms with Gasteiger partial charge < -0.3 is 4.55 Å². The van der Waals surface area contributed by atoms with Gasteiger partial charge in [-0.1, -0.05) is 34.6 Å². The molecule has 3 atom stereocenters. The van der Waals surface area contributed by atoms with Gasteiger partial charge in [0.1, 0.15) is 0 Å². The minimum atomic E-state index is -2.21. The number of imidazole rings is 1. The molecule has 3 rings (SSSR count). The molecule has 1 fully saturated rings. The largest absolute Gasteiger partial charge is 0.760 e. The molecule has 0 radical (unpaired) electrons. The number of pyridine rings is 1. The van der Waals surface area contributed by atoms with E-state index in [0.717, 1.165) is 42.5 Å². The minimum Gasteiger partial charge on any atom is -0.760 e. The Kier molecular flexibility index (Phi) is 6.60. The van der Waals surface area contributed by atoms with Gasteiger partial charge in [-0.15, -0.1) is 0 Å². The van der Waals surface area contributed by atoms with E-state index in [4.69, 9.17) is 4.98 Å². The lowest BCUT2D eigenvalue weighted by atomic mass is 9.64. The summed E-state index contributed by atoms with van der Waals surface area (Å²) in [7, 11) is 1.79. The Labute approximate surface area is 181 Å². The Balaban J connectivity index is 1.86. The van der Waals surface area contributed by atoms with Crippen LogP contribution in [0.25, 0.3) is 11.2 Å². The van der Waals surface area contributed by atoms with Crippen LogP contribution in [0.2, 0.25) is 0 Å². The van der Waals surface area contributed by atoms with E-state index in [9.17, 15) is 13.6 Å². The van der Waals surface area contributed by atoms with E-state index in [1.807, 2.05) is 10.6 Å². The van der Waals surface area contributed by atoms with E-state index in [1.165, 1.54) is 0 Å². The molecule has 3 unspecified atom stereocenters. The summed E-state index contributed by atoms with van der Waals surface area (Å²) < 4.78 is 27.6. The van der Waals surface area contributed by atoms with Gasteiger partial charge >= 0.3 is 5.69 Å². The topological polar surface area (TPSA) is 92.0 Å². The van der Waals surface area contributed by atoms with E-state index in [-0.39, 0.29) is 16.5 Å². The molecule has 2 aromatic rings. The van der Waals surface area contributed by atoms with E-state index >= 15 is 0 Å². The predicted molar refractivity (Wildman–Crippen MR) is 120 cm³/mol. The summed E-state index contributed by atoms with van der Waals surface area (Å²) in [6.07, 6.45) is 3.93. The molecule has 0 amide bonds. The second-order valence-electron chi connectivity index (χ2n) is 10.6. The van der Waals surface area contributed by atoms with Crippen LogP contribution < -0.4 is 10.4 Å². The molecule has 30 heavy (non-hydrogen) atoms. The quantitative estimate of drug-likeness (QED) is 0.703. The van der Waals surface area contributed by atoms with Gasteiger partial charge in [0.25, 0.3) is 0 Å². The second kappa shape index (κ2) is 8.55. The summed E-state index contributed by atoms with van der Waals surface area (Å²) >= 11 is -2.21. The van der Waals surface area contributed by atoms with Gasteiger partial charge in [0.05, 0.1) is 5.52 Å². The lowest BCUT2D eigenvalue weighted by Crippen LogP contribution is -2.34. The third-order valence-electron chi connectivity index (χ3n) is 6.58. The summed E-state index contributed by atoms with van der Waals surface area (Å²) in [5.41, 5.74) is 2.81.